The first kappa shape index (κ1) is 16.6. The number of carbonyl (C=O) groups excluding carboxylic acids is 1. The van der Waals surface area contributed by atoms with Crippen LogP contribution in [0, 0.1) is 21.8 Å². The highest BCUT2D eigenvalue weighted by atomic mass is 79.9. The van der Waals surface area contributed by atoms with Crippen LogP contribution in [0.5, 0.6) is 0 Å². The van der Waals surface area contributed by atoms with Crippen molar-refractivity contribution < 1.29 is 14.1 Å². The van der Waals surface area contributed by atoms with E-state index in [9.17, 15) is 19.3 Å². The molecule has 3 atom stereocenters. The highest BCUT2D eigenvalue weighted by molar-refractivity contribution is 9.10. The van der Waals surface area contributed by atoms with Gasteiger partial charge in [-0.3, -0.25) is 14.9 Å². The summed E-state index contributed by atoms with van der Waals surface area (Å²) in [6.07, 6.45) is 0.225. The Morgan fingerprint density at radius 1 is 1.29 bits per heavy atom. The summed E-state index contributed by atoms with van der Waals surface area (Å²) in [4.78, 5) is 22.6. The van der Waals surface area contributed by atoms with E-state index < -0.39 is 34.6 Å². The maximum atomic E-state index is 14.4. The van der Waals surface area contributed by atoms with Gasteiger partial charge in [-0.15, -0.1) is 0 Å². The summed E-state index contributed by atoms with van der Waals surface area (Å²) < 4.78 is 15.0. The first-order chi connectivity index (χ1) is 11.5. The minimum atomic E-state index is -0.837. The Morgan fingerprint density at radius 2 is 2.00 bits per heavy atom. The predicted molar refractivity (Wildman–Crippen MR) is 89.4 cm³/mol. The van der Waals surface area contributed by atoms with E-state index in [1.165, 1.54) is 6.07 Å². The second-order valence-electron chi connectivity index (χ2n) is 5.71. The van der Waals surface area contributed by atoms with Gasteiger partial charge in [-0.1, -0.05) is 52.3 Å². The van der Waals surface area contributed by atoms with Crippen molar-refractivity contribution in [1.82, 2.24) is 5.32 Å². The van der Waals surface area contributed by atoms with Crippen molar-refractivity contribution in [1.29, 1.82) is 0 Å². The number of benzene rings is 2. The molecule has 124 valence electrons. The van der Waals surface area contributed by atoms with Crippen molar-refractivity contribution in [2.45, 2.75) is 18.5 Å². The van der Waals surface area contributed by atoms with Crippen molar-refractivity contribution in [3.8, 4) is 0 Å². The van der Waals surface area contributed by atoms with Crippen molar-refractivity contribution in [2.75, 3.05) is 0 Å². The summed E-state index contributed by atoms with van der Waals surface area (Å²) in [6.45, 7) is 0. The van der Waals surface area contributed by atoms with Crippen LogP contribution in [0.3, 0.4) is 0 Å². The Kier molecular flexibility index (Phi) is 4.62. The maximum absolute atomic E-state index is 14.4. The molecule has 1 aliphatic carbocycles. The molecule has 2 aromatic rings. The molecule has 1 amide bonds. The van der Waals surface area contributed by atoms with Crippen LogP contribution in [-0.2, 0) is 4.79 Å². The molecule has 0 aromatic heterocycles. The highest BCUT2D eigenvalue weighted by Crippen LogP contribution is 2.35. The molecule has 1 saturated carbocycles. The highest BCUT2D eigenvalue weighted by Gasteiger charge is 2.53. The molecule has 5 nitrogen and oxygen atoms in total. The number of hydrogen-bond donors (Lipinski definition) is 1. The third-order valence-electron chi connectivity index (χ3n) is 4.06. The first-order valence-electron chi connectivity index (χ1n) is 7.41. The molecule has 1 fully saturated rings. The van der Waals surface area contributed by atoms with E-state index in [0.29, 0.717) is 15.6 Å². The Labute approximate surface area is 146 Å². The number of nitrogens with zero attached hydrogens (tertiary/aromatic N) is 1. The Hall–Kier alpha value is -2.28. The molecule has 0 spiro atoms. The molecule has 1 aliphatic rings. The largest absolute Gasteiger partial charge is 0.345 e. The number of amides is 1. The Bertz CT molecular complexity index is 785. The van der Waals surface area contributed by atoms with Gasteiger partial charge in [0.15, 0.2) is 0 Å². The molecule has 0 heterocycles. The van der Waals surface area contributed by atoms with Crippen molar-refractivity contribution in [2.24, 2.45) is 5.92 Å². The standard InChI is InChI=1S/C17H14BrFN2O3/c18-11-6-7-12(14(19)8-11)16(10-4-2-1-3-5-10)20-17(22)13-9-15(13)21(23)24/h1-8,13,15-16H,9H2,(H,20,22). The smallest absolute Gasteiger partial charge is 0.231 e. The summed E-state index contributed by atoms with van der Waals surface area (Å²) in [5.74, 6) is -1.53. The van der Waals surface area contributed by atoms with Gasteiger partial charge < -0.3 is 5.32 Å². The predicted octanol–water partition coefficient (Wildman–Crippen LogP) is 3.46. The van der Waals surface area contributed by atoms with Crippen LogP contribution in [0.25, 0.3) is 0 Å². The van der Waals surface area contributed by atoms with Crippen LogP contribution in [0.15, 0.2) is 53.0 Å². The lowest BCUT2D eigenvalue weighted by molar-refractivity contribution is -0.497. The quantitative estimate of drug-likeness (QED) is 0.625. The van der Waals surface area contributed by atoms with Crippen LogP contribution in [0.1, 0.15) is 23.6 Å². The van der Waals surface area contributed by atoms with Crippen LogP contribution >= 0.6 is 15.9 Å². The number of carbonyl (C=O) groups is 1. The van der Waals surface area contributed by atoms with E-state index in [4.69, 9.17) is 0 Å². The summed E-state index contributed by atoms with van der Waals surface area (Å²) in [6, 6.07) is 12.1. The summed E-state index contributed by atoms with van der Waals surface area (Å²) in [5, 5.41) is 13.5. The molecule has 0 radical (unpaired) electrons. The van der Waals surface area contributed by atoms with Crippen molar-refractivity contribution in [3.63, 3.8) is 0 Å². The normalized spacial score (nSPS) is 20.2. The summed E-state index contributed by atoms with van der Waals surface area (Å²) in [7, 11) is 0. The van der Waals surface area contributed by atoms with Gasteiger partial charge in [-0.05, 0) is 17.7 Å². The fourth-order valence-corrected chi connectivity index (χ4v) is 3.00. The molecule has 1 N–H and O–H groups in total. The van der Waals surface area contributed by atoms with Gasteiger partial charge in [-0.25, -0.2) is 4.39 Å². The molecular formula is C17H14BrFN2O3. The zero-order valence-corrected chi connectivity index (χ0v) is 14.1. The molecule has 24 heavy (non-hydrogen) atoms. The second kappa shape index (κ2) is 6.68. The van der Waals surface area contributed by atoms with E-state index in [-0.39, 0.29) is 6.42 Å². The number of nitro groups is 1. The Balaban J connectivity index is 1.89. The average molecular weight is 393 g/mol. The minimum absolute atomic E-state index is 0.225. The SMILES string of the molecule is O=C(NC(c1ccccc1)c1ccc(Br)cc1F)C1CC1[N+](=O)[O-]. The second-order valence-corrected chi connectivity index (χ2v) is 6.63. The summed E-state index contributed by atoms with van der Waals surface area (Å²) in [5.41, 5.74) is 1.03. The van der Waals surface area contributed by atoms with E-state index in [1.807, 2.05) is 6.07 Å². The number of rotatable bonds is 5. The molecule has 0 aliphatic heterocycles. The zero-order valence-electron chi connectivity index (χ0n) is 12.5. The molecular weight excluding hydrogens is 379 g/mol. The van der Waals surface area contributed by atoms with Gasteiger partial charge in [0.1, 0.15) is 11.7 Å². The average Bonchev–Trinajstić information content (AvgIpc) is 3.35. The van der Waals surface area contributed by atoms with E-state index >= 15 is 0 Å². The maximum Gasteiger partial charge on any atom is 0.231 e. The number of halogens is 2. The molecule has 3 unspecified atom stereocenters. The van der Waals surface area contributed by atoms with Gasteiger partial charge in [0.05, 0.1) is 6.04 Å². The van der Waals surface area contributed by atoms with Crippen LogP contribution in [0.2, 0.25) is 0 Å². The minimum Gasteiger partial charge on any atom is -0.345 e. The van der Waals surface area contributed by atoms with Gasteiger partial charge in [0, 0.05) is 21.4 Å². The van der Waals surface area contributed by atoms with Crippen LogP contribution in [-0.4, -0.2) is 16.9 Å². The fraction of sp³-hybridized carbons (Fsp3) is 0.235. The number of nitrogens with one attached hydrogen (secondary N) is 1. The zero-order chi connectivity index (χ0) is 17.3. The third-order valence-corrected chi connectivity index (χ3v) is 4.55. The topological polar surface area (TPSA) is 72.2 Å². The van der Waals surface area contributed by atoms with Gasteiger partial charge in [-0.2, -0.15) is 0 Å². The summed E-state index contributed by atoms with van der Waals surface area (Å²) >= 11 is 3.21. The lowest BCUT2D eigenvalue weighted by Crippen LogP contribution is -2.32. The van der Waals surface area contributed by atoms with Crippen molar-refractivity contribution in [3.05, 3.63) is 80.1 Å². The van der Waals surface area contributed by atoms with Gasteiger partial charge >= 0.3 is 0 Å². The number of hydrogen-bond acceptors (Lipinski definition) is 3. The molecule has 0 bridgehead atoms. The fourth-order valence-electron chi connectivity index (χ4n) is 2.67. The van der Waals surface area contributed by atoms with E-state index in [0.717, 1.165) is 0 Å². The Morgan fingerprint density at radius 3 is 2.58 bits per heavy atom. The van der Waals surface area contributed by atoms with Gasteiger partial charge in [0.2, 0.25) is 11.9 Å². The lowest BCUT2D eigenvalue weighted by Gasteiger charge is -2.20. The van der Waals surface area contributed by atoms with Crippen LogP contribution in [0.4, 0.5) is 4.39 Å². The van der Waals surface area contributed by atoms with E-state index in [1.54, 1.807) is 36.4 Å². The molecule has 3 rings (SSSR count). The van der Waals surface area contributed by atoms with Crippen molar-refractivity contribution >= 4 is 21.8 Å². The molecule has 2 aromatic carbocycles. The third kappa shape index (κ3) is 3.46. The van der Waals surface area contributed by atoms with Crippen LogP contribution < -0.4 is 5.32 Å². The molecule has 0 saturated heterocycles. The lowest BCUT2D eigenvalue weighted by atomic mass is 9.98. The monoisotopic (exact) mass is 392 g/mol. The van der Waals surface area contributed by atoms with E-state index in [2.05, 4.69) is 21.2 Å². The first-order valence-corrected chi connectivity index (χ1v) is 8.20. The van der Waals surface area contributed by atoms with Gasteiger partial charge in [0.25, 0.3) is 0 Å². The molecule has 7 heteroatoms.